The molecule has 3 aromatic carbocycles. The number of halogens is 1. The zero-order valence-electron chi connectivity index (χ0n) is 30.0. The molecule has 6 aliphatic rings. The Labute approximate surface area is 312 Å². The number of hydrogen-bond acceptors (Lipinski definition) is 7. The third-order valence-electron chi connectivity index (χ3n) is 13.5. The maximum Gasteiger partial charge on any atom is 0.282 e. The fourth-order valence-corrected chi connectivity index (χ4v) is 10.8. The van der Waals surface area contributed by atoms with Crippen LogP contribution in [0.25, 0.3) is 16.6 Å². The van der Waals surface area contributed by atoms with Crippen LogP contribution in [-0.4, -0.2) is 68.9 Å². The van der Waals surface area contributed by atoms with E-state index in [9.17, 15) is 19.2 Å². The van der Waals surface area contributed by atoms with Crippen LogP contribution in [0.15, 0.2) is 53.3 Å². The quantitative estimate of drug-likeness (QED) is 0.262. The molecule has 0 bridgehead atoms. The van der Waals surface area contributed by atoms with Gasteiger partial charge in [-0.1, -0.05) is 42.3 Å². The highest BCUT2D eigenvalue weighted by molar-refractivity contribution is 6.35. The summed E-state index contributed by atoms with van der Waals surface area (Å²) in [6, 6.07) is 16.4. The molecule has 10 nitrogen and oxygen atoms in total. The molecule has 1 aromatic heterocycles. The lowest BCUT2D eigenvalue weighted by atomic mass is 9.72. The van der Waals surface area contributed by atoms with E-state index in [0.717, 1.165) is 67.1 Å². The maximum absolute atomic E-state index is 13.4. The fourth-order valence-electron chi connectivity index (χ4n) is 10.5. The number of benzene rings is 3. The second-order valence-corrected chi connectivity index (χ2v) is 17.0. The Kier molecular flexibility index (Phi) is 7.32. The molecule has 6 heterocycles. The van der Waals surface area contributed by atoms with Crippen molar-refractivity contribution in [2.24, 2.45) is 0 Å². The van der Waals surface area contributed by atoms with E-state index in [1.54, 1.807) is 11.0 Å². The first-order chi connectivity index (χ1) is 25.5. The number of likely N-dealkylation sites (tertiary alicyclic amines) is 1. The minimum Gasteiger partial charge on any atom is -0.492 e. The van der Waals surface area contributed by atoms with E-state index in [-0.39, 0.29) is 29.2 Å². The molecule has 3 fully saturated rings. The molecule has 1 spiro atoms. The number of imide groups is 1. The molecule has 3 atom stereocenters. The minimum absolute atomic E-state index is 0.0787. The predicted molar refractivity (Wildman–Crippen MR) is 200 cm³/mol. The second kappa shape index (κ2) is 11.7. The number of ether oxygens (including phenoxy) is 1. The van der Waals surface area contributed by atoms with Gasteiger partial charge >= 0.3 is 0 Å². The van der Waals surface area contributed by atoms with Gasteiger partial charge in [-0.25, -0.2) is 0 Å². The highest BCUT2D eigenvalue weighted by atomic mass is 35.5. The summed E-state index contributed by atoms with van der Waals surface area (Å²) in [5.41, 5.74) is 6.34. The first-order valence-electron chi connectivity index (χ1n) is 19.1. The molecular weight excluding hydrogens is 690 g/mol. The number of nitrogens with zero attached hydrogens (tertiary/aromatic N) is 4. The Hall–Kier alpha value is -4.54. The van der Waals surface area contributed by atoms with Crippen LogP contribution >= 0.6 is 11.6 Å². The van der Waals surface area contributed by atoms with Gasteiger partial charge in [-0.2, -0.15) is 4.98 Å². The van der Waals surface area contributed by atoms with Crippen molar-refractivity contribution in [1.29, 1.82) is 0 Å². The molecule has 10 rings (SSSR count). The van der Waals surface area contributed by atoms with Gasteiger partial charge in [0.1, 0.15) is 17.6 Å². The van der Waals surface area contributed by atoms with E-state index in [1.165, 1.54) is 29.5 Å². The topological polar surface area (TPSA) is 114 Å². The van der Waals surface area contributed by atoms with E-state index in [2.05, 4.69) is 57.9 Å². The van der Waals surface area contributed by atoms with Crippen molar-refractivity contribution in [3.05, 3.63) is 97.5 Å². The smallest absolute Gasteiger partial charge is 0.282 e. The van der Waals surface area contributed by atoms with Crippen LogP contribution in [0.1, 0.15) is 110 Å². The van der Waals surface area contributed by atoms with Crippen LogP contribution in [0, 0.1) is 0 Å². The number of carbonyl (C=O) groups is 3. The third kappa shape index (κ3) is 4.83. The van der Waals surface area contributed by atoms with Crippen molar-refractivity contribution in [2.75, 3.05) is 19.7 Å². The molecule has 1 N–H and O–H groups in total. The third-order valence-corrected chi connectivity index (χ3v) is 13.8. The summed E-state index contributed by atoms with van der Waals surface area (Å²) in [6.07, 6.45) is 7.25. The molecule has 11 heteroatoms. The summed E-state index contributed by atoms with van der Waals surface area (Å²) in [4.78, 5) is 59.8. The molecular formula is C42H42ClN5O5. The van der Waals surface area contributed by atoms with Gasteiger partial charge in [0, 0.05) is 34.6 Å². The van der Waals surface area contributed by atoms with Crippen molar-refractivity contribution in [2.45, 2.75) is 101 Å². The van der Waals surface area contributed by atoms with E-state index < -0.39 is 17.4 Å². The number of aromatic nitrogens is 2. The van der Waals surface area contributed by atoms with Crippen LogP contribution in [0.2, 0.25) is 5.02 Å². The Morgan fingerprint density at radius 3 is 2.60 bits per heavy atom. The molecule has 4 aromatic rings. The summed E-state index contributed by atoms with van der Waals surface area (Å²) in [6.45, 7) is 7.27. The van der Waals surface area contributed by atoms with Gasteiger partial charge in [0.15, 0.2) is 0 Å². The van der Waals surface area contributed by atoms with Crippen LogP contribution in [0.3, 0.4) is 0 Å². The molecule has 5 aliphatic heterocycles. The molecule has 0 radical (unpaired) electrons. The molecule has 3 amide bonds. The van der Waals surface area contributed by atoms with Gasteiger partial charge in [-0.15, -0.1) is 0 Å². The standard InChI is InChI=1S/C42H42ClN5O5/c1-41(2)29-20-24(9-12-31(29)48-32-8-4-7-30(43)35(32)38(51)45-40(41)48)23-5-3-6-25(19-23)46-17-15-42(16-18-46)22-53-36-27-21-47(33-13-14-34(49)44-37(33)50)39(52)26(27)10-11-28(36)42/h4,7-12,20,23,25,33H,3,5-6,13-19,21-22H2,1-2H3,(H,44,49,50)/t23?,25-,33-/m0/s1. The lowest BCUT2D eigenvalue weighted by Crippen LogP contribution is -2.52. The lowest BCUT2D eigenvalue weighted by Gasteiger charge is -2.44. The highest BCUT2D eigenvalue weighted by Gasteiger charge is 2.48. The van der Waals surface area contributed by atoms with Gasteiger partial charge in [-0.05, 0) is 107 Å². The molecule has 1 aliphatic carbocycles. The first kappa shape index (κ1) is 33.1. The number of rotatable bonds is 3. The Bertz CT molecular complexity index is 2340. The van der Waals surface area contributed by atoms with Crippen LogP contribution in [-0.2, 0) is 27.0 Å². The van der Waals surface area contributed by atoms with Crippen LogP contribution in [0.4, 0.5) is 0 Å². The van der Waals surface area contributed by atoms with Crippen molar-refractivity contribution >= 4 is 40.2 Å². The van der Waals surface area contributed by atoms with Gasteiger partial charge in [0.2, 0.25) is 11.8 Å². The van der Waals surface area contributed by atoms with E-state index >= 15 is 0 Å². The average molecular weight is 732 g/mol. The zero-order valence-corrected chi connectivity index (χ0v) is 30.8. The van der Waals surface area contributed by atoms with Crippen LogP contribution < -0.4 is 15.6 Å². The van der Waals surface area contributed by atoms with Gasteiger partial charge in [0.25, 0.3) is 11.5 Å². The predicted octanol–water partition coefficient (Wildman–Crippen LogP) is 5.89. The normalized spacial score (nSPS) is 25.6. The number of fused-ring (bicyclic) bond motifs is 9. The van der Waals surface area contributed by atoms with Gasteiger partial charge in [-0.3, -0.25) is 29.1 Å². The fraction of sp³-hybridized carbons (Fsp3) is 0.452. The average Bonchev–Trinajstić information content (AvgIpc) is 3.75. The van der Waals surface area contributed by atoms with E-state index in [4.69, 9.17) is 16.3 Å². The van der Waals surface area contributed by atoms with Gasteiger partial charge < -0.3 is 14.5 Å². The van der Waals surface area contributed by atoms with Crippen molar-refractivity contribution in [3.8, 4) is 11.4 Å². The Balaban J connectivity index is 0.856. The summed E-state index contributed by atoms with van der Waals surface area (Å²) in [7, 11) is 0. The first-order valence-corrected chi connectivity index (χ1v) is 19.5. The van der Waals surface area contributed by atoms with E-state index in [1.807, 2.05) is 18.2 Å². The summed E-state index contributed by atoms with van der Waals surface area (Å²) < 4.78 is 8.57. The lowest BCUT2D eigenvalue weighted by molar-refractivity contribution is -0.136. The molecule has 1 unspecified atom stereocenters. The number of hydrogen-bond donors (Lipinski definition) is 1. The maximum atomic E-state index is 13.4. The number of piperidine rings is 2. The molecule has 53 heavy (non-hydrogen) atoms. The van der Waals surface area contributed by atoms with E-state index in [0.29, 0.717) is 47.5 Å². The molecule has 1 saturated carbocycles. The number of nitrogens with one attached hydrogen (secondary N) is 1. The largest absolute Gasteiger partial charge is 0.492 e. The summed E-state index contributed by atoms with van der Waals surface area (Å²) in [5.74, 6) is 1.20. The Morgan fingerprint density at radius 2 is 1.79 bits per heavy atom. The summed E-state index contributed by atoms with van der Waals surface area (Å²) in [5, 5.41) is 3.29. The highest BCUT2D eigenvalue weighted by Crippen LogP contribution is 2.51. The second-order valence-electron chi connectivity index (χ2n) is 16.6. The SMILES string of the molecule is CC1(C)c2cc(C3CCC[C@H](N4CCC5(CC4)COc4c5ccc5c4CN([C@H]4CCC(=O)NC4=O)C5=O)C3)ccc2-n2c1nc(=O)c1c(Cl)cccc12. The van der Waals surface area contributed by atoms with Crippen LogP contribution in [0.5, 0.6) is 5.75 Å². The Morgan fingerprint density at radius 1 is 0.962 bits per heavy atom. The number of carbonyl (C=O) groups excluding carboxylic acids is 3. The number of amides is 3. The van der Waals surface area contributed by atoms with Crippen molar-refractivity contribution < 1.29 is 19.1 Å². The summed E-state index contributed by atoms with van der Waals surface area (Å²) >= 11 is 6.49. The molecule has 272 valence electrons. The molecule has 2 saturated heterocycles. The zero-order chi connectivity index (χ0) is 36.4. The van der Waals surface area contributed by atoms with Crippen molar-refractivity contribution in [1.82, 2.24) is 24.7 Å². The monoisotopic (exact) mass is 731 g/mol. The van der Waals surface area contributed by atoms with Gasteiger partial charge in [0.05, 0.1) is 40.2 Å². The minimum atomic E-state index is -0.636. The van der Waals surface area contributed by atoms with Crippen molar-refractivity contribution in [3.63, 3.8) is 0 Å².